The molecule has 0 aliphatic carbocycles. The Labute approximate surface area is 177 Å². The Bertz CT molecular complexity index is 831. The average Bonchev–Trinajstić information content (AvgIpc) is 3.26. The maximum Gasteiger partial charge on any atom is 0.490 e. The van der Waals surface area contributed by atoms with E-state index in [1.54, 1.807) is 29.7 Å². The van der Waals surface area contributed by atoms with Gasteiger partial charge >= 0.3 is 12.1 Å². The van der Waals surface area contributed by atoms with Crippen LogP contribution in [0.25, 0.3) is 0 Å². The number of nitrogens with zero attached hydrogens (tertiary/aromatic N) is 3. The van der Waals surface area contributed by atoms with Crippen LogP contribution >= 0.6 is 11.3 Å². The molecule has 13 heteroatoms. The molecule has 1 aromatic rings. The second kappa shape index (κ2) is 9.90. The standard InChI is InChI=1S/C15H25N3O3S2.C2HF3O2/c1-4-23(19,20)18-6-5-15(21-3)13-8-17(9-14(13)18)7-12-10-22-11(2)16-12;3-2(4,5)1(6)7/h10,13-15H,4-9H2,1-3H3;(H,6,7)/t13-,14+,15+;/m0./s1. The number of rotatable bonds is 5. The fraction of sp³-hybridized carbons (Fsp3) is 0.765. The lowest BCUT2D eigenvalue weighted by molar-refractivity contribution is -0.192. The minimum Gasteiger partial charge on any atom is -0.475 e. The van der Waals surface area contributed by atoms with Gasteiger partial charge in [-0.25, -0.2) is 18.2 Å². The lowest BCUT2D eigenvalue weighted by Gasteiger charge is -2.39. The molecule has 2 aliphatic heterocycles. The molecular weight excluding hydrogens is 447 g/mol. The minimum atomic E-state index is -5.08. The summed E-state index contributed by atoms with van der Waals surface area (Å²) in [6.07, 6.45) is -4.16. The number of hydrogen-bond acceptors (Lipinski definition) is 7. The largest absolute Gasteiger partial charge is 0.490 e. The fourth-order valence-corrected chi connectivity index (χ4v) is 5.80. The normalized spacial score (nSPS) is 25.5. The van der Waals surface area contributed by atoms with Crippen LogP contribution in [0.4, 0.5) is 13.2 Å². The van der Waals surface area contributed by atoms with Gasteiger partial charge in [-0.3, -0.25) is 4.90 Å². The summed E-state index contributed by atoms with van der Waals surface area (Å²) in [7, 11) is -1.43. The van der Waals surface area contributed by atoms with E-state index in [0.717, 1.165) is 36.8 Å². The zero-order valence-electron chi connectivity index (χ0n) is 16.9. The number of alkyl halides is 3. The van der Waals surface area contributed by atoms with E-state index < -0.39 is 22.2 Å². The number of thiazole rings is 1. The first-order chi connectivity index (χ1) is 13.9. The number of ether oxygens (including phenoxy) is 1. The number of halogens is 3. The monoisotopic (exact) mass is 473 g/mol. The van der Waals surface area contributed by atoms with Crippen molar-refractivity contribution < 1.29 is 36.2 Å². The first kappa shape index (κ1) is 25.0. The Morgan fingerprint density at radius 3 is 2.50 bits per heavy atom. The van der Waals surface area contributed by atoms with Crippen LogP contribution in [0.3, 0.4) is 0 Å². The molecule has 0 radical (unpaired) electrons. The highest BCUT2D eigenvalue weighted by molar-refractivity contribution is 7.89. The van der Waals surface area contributed by atoms with E-state index in [1.165, 1.54) is 0 Å². The molecule has 0 unspecified atom stereocenters. The molecule has 3 rings (SSSR count). The summed E-state index contributed by atoms with van der Waals surface area (Å²) in [5.41, 5.74) is 1.07. The number of carbonyl (C=O) groups is 1. The summed E-state index contributed by atoms with van der Waals surface area (Å²) in [5.74, 6) is -2.35. The van der Waals surface area contributed by atoms with Crippen molar-refractivity contribution >= 4 is 27.3 Å². The fourth-order valence-electron chi connectivity index (χ4n) is 3.84. The highest BCUT2D eigenvalue weighted by Gasteiger charge is 2.47. The maximum atomic E-state index is 12.4. The van der Waals surface area contributed by atoms with Crippen molar-refractivity contribution in [1.82, 2.24) is 14.2 Å². The van der Waals surface area contributed by atoms with E-state index in [9.17, 15) is 21.6 Å². The van der Waals surface area contributed by atoms with E-state index in [-0.39, 0.29) is 23.8 Å². The number of sulfonamides is 1. The second-order valence-corrected chi connectivity index (χ2v) is 10.4. The third kappa shape index (κ3) is 6.13. The quantitative estimate of drug-likeness (QED) is 0.698. The molecule has 0 aromatic carbocycles. The number of methoxy groups -OCH3 is 1. The molecule has 3 atom stereocenters. The number of likely N-dealkylation sites (tertiary alicyclic amines) is 1. The van der Waals surface area contributed by atoms with E-state index in [1.807, 2.05) is 6.92 Å². The smallest absolute Gasteiger partial charge is 0.475 e. The zero-order chi connectivity index (χ0) is 22.7. The lowest BCUT2D eigenvalue weighted by atomic mass is 9.91. The molecule has 0 spiro atoms. The summed E-state index contributed by atoms with van der Waals surface area (Å²) >= 11 is 1.66. The molecule has 0 amide bonds. The highest BCUT2D eigenvalue weighted by atomic mass is 32.2. The van der Waals surface area contributed by atoms with Crippen LogP contribution < -0.4 is 0 Å². The molecule has 2 aliphatic rings. The van der Waals surface area contributed by atoms with Gasteiger partial charge in [0.2, 0.25) is 10.0 Å². The van der Waals surface area contributed by atoms with Crippen molar-refractivity contribution in [3.8, 4) is 0 Å². The topological polar surface area (TPSA) is 100 Å². The van der Waals surface area contributed by atoms with Gasteiger partial charge in [0.05, 0.1) is 22.6 Å². The Balaban J connectivity index is 0.000000396. The maximum absolute atomic E-state index is 12.4. The summed E-state index contributed by atoms with van der Waals surface area (Å²) in [6.45, 7) is 6.72. The number of aromatic nitrogens is 1. The van der Waals surface area contributed by atoms with E-state index in [4.69, 9.17) is 14.6 Å². The minimum absolute atomic E-state index is 0.0263. The molecule has 3 heterocycles. The van der Waals surface area contributed by atoms with Crippen molar-refractivity contribution in [2.75, 3.05) is 32.5 Å². The number of carboxylic acid groups (broad SMARTS) is 1. The Hall–Kier alpha value is -1.28. The Kier molecular flexibility index (Phi) is 8.24. The van der Waals surface area contributed by atoms with E-state index >= 15 is 0 Å². The van der Waals surface area contributed by atoms with Crippen molar-refractivity contribution in [1.29, 1.82) is 0 Å². The highest BCUT2D eigenvalue weighted by Crippen LogP contribution is 2.34. The van der Waals surface area contributed by atoms with Gasteiger partial charge < -0.3 is 9.84 Å². The molecule has 2 fully saturated rings. The molecule has 8 nitrogen and oxygen atoms in total. The van der Waals surface area contributed by atoms with Gasteiger partial charge in [0.15, 0.2) is 0 Å². The molecule has 2 saturated heterocycles. The van der Waals surface area contributed by atoms with E-state index in [0.29, 0.717) is 6.54 Å². The van der Waals surface area contributed by atoms with Gasteiger partial charge in [0, 0.05) is 50.6 Å². The molecule has 0 saturated carbocycles. The van der Waals surface area contributed by atoms with Crippen LogP contribution in [0.15, 0.2) is 5.38 Å². The number of hydrogen-bond donors (Lipinski definition) is 1. The Morgan fingerprint density at radius 2 is 2.03 bits per heavy atom. The number of piperidine rings is 1. The van der Waals surface area contributed by atoms with Crippen molar-refractivity contribution in [2.24, 2.45) is 5.92 Å². The SMILES string of the molecule is CCS(=O)(=O)N1CC[C@@H](OC)[C@H]2CN(Cc3csc(C)n3)C[C@H]21.O=C(O)C(F)(F)F. The van der Waals surface area contributed by atoms with Crippen molar-refractivity contribution in [3.05, 3.63) is 16.1 Å². The van der Waals surface area contributed by atoms with Crippen molar-refractivity contribution in [3.63, 3.8) is 0 Å². The number of carboxylic acids is 1. The second-order valence-electron chi connectivity index (χ2n) is 7.16. The van der Waals surface area contributed by atoms with Gasteiger partial charge in [-0.2, -0.15) is 17.5 Å². The summed E-state index contributed by atoms with van der Waals surface area (Å²) < 4.78 is 63.9. The molecule has 172 valence electrons. The van der Waals surface area contributed by atoms with Crippen molar-refractivity contribution in [2.45, 2.75) is 45.1 Å². The summed E-state index contributed by atoms with van der Waals surface area (Å²) in [5, 5.41) is 10.3. The number of fused-ring (bicyclic) bond motifs is 1. The first-order valence-electron chi connectivity index (χ1n) is 9.34. The predicted octanol–water partition coefficient (Wildman–Crippen LogP) is 1.96. The molecule has 30 heavy (non-hydrogen) atoms. The molecular formula is C17H26F3N3O5S2. The predicted molar refractivity (Wildman–Crippen MR) is 105 cm³/mol. The summed E-state index contributed by atoms with van der Waals surface area (Å²) in [6, 6.07) is 0.0263. The molecule has 0 bridgehead atoms. The van der Waals surface area contributed by atoms with Crippen LogP contribution in [0, 0.1) is 12.8 Å². The number of aryl methyl sites for hydroxylation is 1. The van der Waals surface area contributed by atoms with Gasteiger partial charge in [0.25, 0.3) is 0 Å². The average molecular weight is 474 g/mol. The molecule has 1 N–H and O–H groups in total. The van der Waals surface area contributed by atoms with Gasteiger partial charge in [0.1, 0.15) is 0 Å². The third-order valence-corrected chi connectivity index (χ3v) is 7.93. The van der Waals surface area contributed by atoms with Crippen LogP contribution in [0.2, 0.25) is 0 Å². The van der Waals surface area contributed by atoms with E-state index in [2.05, 4.69) is 15.3 Å². The van der Waals surface area contributed by atoms with Gasteiger partial charge in [-0.15, -0.1) is 11.3 Å². The van der Waals surface area contributed by atoms with Crippen LogP contribution in [0.1, 0.15) is 24.0 Å². The van der Waals surface area contributed by atoms with Crippen LogP contribution in [-0.4, -0.2) is 84.5 Å². The summed E-state index contributed by atoms with van der Waals surface area (Å²) in [4.78, 5) is 15.7. The van der Waals surface area contributed by atoms with Crippen LogP contribution in [0.5, 0.6) is 0 Å². The van der Waals surface area contributed by atoms with Gasteiger partial charge in [-0.1, -0.05) is 0 Å². The zero-order valence-corrected chi connectivity index (χ0v) is 18.6. The number of aliphatic carboxylic acids is 1. The lowest BCUT2D eigenvalue weighted by Crippen LogP contribution is -2.53. The van der Waals surface area contributed by atoms with Gasteiger partial charge in [-0.05, 0) is 20.3 Å². The Morgan fingerprint density at radius 1 is 1.40 bits per heavy atom. The first-order valence-corrected chi connectivity index (χ1v) is 11.8. The van der Waals surface area contributed by atoms with Crippen LogP contribution in [-0.2, 0) is 26.1 Å². The molecule has 1 aromatic heterocycles. The third-order valence-electron chi connectivity index (χ3n) is 5.21.